The van der Waals surface area contributed by atoms with E-state index in [0.29, 0.717) is 5.13 Å². The summed E-state index contributed by atoms with van der Waals surface area (Å²) < 4.78 is 1.27. The molecule has 12 heavy (non-hydrogen) atoms. The lowest BCUT2D eigenvalue weighted by atomic mass is 10.3. The van der Waals surface area contributed by atoms with Gasteiger partial charge in [0, 0.05) is 5.75 Å². The molecule has 0 amide bonds. The molecule has 1 aromatic heterocycles. The number of anilines is 1. The maximum absolute atomic E-state index is 5.58. The van der Waals surface area contributed by atoms with E-state index < -0.39 is 0 Å². The molecule has 0 atom stereocenters. The highest BCUT2D eigenvalue weighted by Gasteiger charge is 2.06. The van der Waals surface area contributed by atoms with Crippen molar-refractivity contribution in [2.45, 2.75) is 25.0 Å². The van der Waals surface area contributed by atoms with Crippen LogP contribution in [0.1, 0.15) is 19.5 Å². The normalized spacial score (nSPS) is 11.0. The molecule has 0 fully saturated rings. The van der Waals surface area contributed by atoms with E-state index in [1.54, 1.807) is 11.3 Å². The fraction of sp³-hybridized carbons (Fsp3) is 0.625. The Hall–Kier alpha value is -0.220. The lowest BCUT2D eigenvalue weighted by molar-refractivity contribution is 0.750. The van der Waals surface area contributed by atoms with Crippen LogP contribution < -0.4 is 5.73 Å². The average molecular weight is 202 g/mol. The maximum atomic E-state index is 5.58. The van der Waals surface area contributed by atoms with Gasteiger partial charge in [0.05, 0.1) is 9.90 Å². The second-order valence-electron chi connectivity index (χ2n) is 3.13. The van der Waals surface area contributed by atoms with Crippen LogP contribution in [-0.4, -0.2) is 10.7 Å². The van der Waals surface area contributed by atoms with Crippen LogP contribution in [0.25, 0.3) is 0 Å². The molecule has 0 bridgehead atoms. The molecular weight excluding hydrogens is 188 g/mol. The zero-order valence-electron chi connectivity index (χ0n) is 7.63. The van der Waals surface area contributed by atoms with Crippen molar-refractivity contribution in [3.05, 3.63) is 5.69 Å². The molecule has 0 saturated carbocycles. The summed E-state index contributed by atoms with van der Waals surface area (Å²) in [6.07, 6.45) is 0. The summed E-state index contributed by atoms with van der Waals surface area (Å²) in [4.78, 5) is 4.16. The number of nitrogen functional groups attached to an aromatic ring is 1. The van der Waals surface area contributed by atoms with Gasteiger partial charge in [0.2, 0.25) is 0 Å². The van der Waals surface area contributed by atoms with E-state index in [1.807, 2.05) is 18.7 Å². The van der Waals surface area contributed by atoms with Gasteiger partial charge in [0.15, 0.2) is 5.13 Å². The Morgan fingerprint density at radius 2 is 2.25 bits per heavy atom. The fourth-order valence-corrected chi connectivity index (χ4v) is 2.78. The summed E-state index contributed by atoms with van der Waals surface area (Å²) >= 11 is 3.44. The minimum absolute atomic E-state index is 0.679. The summed E-state index contributed by atoms with van der Waals surface area (Å²) in [5, 5.41) is 0.679. The van der Waals surface area contributed by atoms with Crippen LogP contribution in [0.4, 0.5) is 5.13 Å². The number of nitrogens with zero attached hydrogens (tertiary/aromatic N) is 1. The molecule has 0 spiro atoms. The van der Waals surface area contributed by atoms with E-state index in [4.69, 9.17) is 5.73 Å². The smallest absolute Gasteiger partial charge is 0.181 e. The second-order valence-corrected chi connectivity index (χ2v) is 5.45. The zero-order chi connectivity index (χ0) is 9.14. The predicted octanol–water partition coefficient (Wildman–Crippen LogP) is 2.78. The molecule has 4 heteroatoms. The summed E-state index contributed by atoms with van der Waals surface area (Å²) in [5.41, 5.74) is 6.65. The minimum atomic E-state index is 0.679. The van der Waals surface area contributed by atoms with Crippen LogP contribution in [-0.2, 0) is 0 Å². The number of hydrogen-bond donors (Lipinski definition) is 1. The molecule has 0 aliphatic heterocycles. The summed E-state index contributed by atoms with van der Waals surface area (Å²) in [6, 6.07) is 0. The SMILES string of the molecule is Cc1nc(N)sc1SCC(C)C. The number of thioether (sulfide) groups is 1. The third-order valence-electron chi connectivity index (χ3n) is 1.32. The highest BCUT2D eigenvalue weighted by molar-refractivity contribution is 8.01. The van der Waals surface area contributed by atoms with Crippen LogP contribution in [0, 0.1) is 12.8 Å². The topological polar surface area (TPSA) is 38.9 Å². The highest BCUT2D eigenvalue weighted by Crippen LogP contribution is 2.31. The van der Waals surface area contributed by atoms with Gasteiger partial charge in [-0.05, 0) is 12.8 Å². The molecule has 2 nitrogen and oxygen atoms in total. The number of thiazole rings is 1. The van der Waals surface area contributed by atoms with Gasteiger partial charge in [-0.15, -0.1) is 11.8 Å². The average Bonchev–Trinajstić information content (AvgIpc) is 2.26. The molecule has 0 unspecified atom stereocenters. The van der Waals surface area contributed by atoms with Gasteiger partial charge in [-0.3, -0.25) is 0 Å². The van der Waals surface area contributed by atoms with Crippen LogP contribution in [0.15, 0.2) is 4.21 Å². The van der Waals surface area contributed by atoms with Crippen LogP contribution in [0.2, 0.25) is 0 Å². The maximum Gasteiger partial charge on any atom is 0.181 e. The van der Waals surface area contributed by atoms with Crippen LogP contribution >= 0.6 is 23.1 Å². The van der Waals surface area contributed by atoms with Crippen molar-refractivity contribution < 1.29 is 0 Å². The molecule has 0 saturated heterocycles. The molecule has 0 aliphatic carbocycles. The fourth-order valence-electron chi connectivity index (χ4n) is 0.779. The Morgan fingerprint density at radius 1 is 1.58 bits per heavy atom. The third kappa shape index (κ3) is 2.68. The first kappa shape index (κ1) is 9.86. The third-order valence-corrected chi connectivity index (χ3v) is 4.09. The van der Waals surface area contributed by atoms with Crippen molar-refractivity contribution >= 4 is 28.2 Å². The minimum Gasteiger partial charge on any atom is -0.375 e. The van der Waals surface area contributed by atoms with E-state index >= 15 is 0 Å². The predicted molar refractivity (Wildman–Crippen MR) is 56.8 cm³/mol. The Morgan fingerprint density at radius 3 is 2.67 bits per heavy atom. The van der Waals surface area contributed by atoms with E-state index in [0.717, 1.165) is 17.4 Å². The molecule has 1 heterocycles. The van der Waals surface area contributed by atoms with Crippen LogP contribution in [0.5, 0.6) is 0 Å². The van der Waals surface area contributed by atoms with Crippen molar-refractivity contribution in [1.29, 1.82) is 0 Å². The zero-order valence-corrected chi connectivity index (χ0v) is 9.26. The lowest BCUT2D eigenvalue weighted by Gasteiger charge is -2.01. The molecule has 1 aromatic rings. The standard InChI is InChI=1S/C8H14N2S2/c1-5(2)4-11-7-6(3)10-8(9)12-7/h5H,4H2,1-3H3,(H2,9,10). The number of aryl methyl sites for hydroxylation is 1. The molecule has 1 rings (SSSR count). The van der Waals surface area contributed by atoms with E-state index in [2.05, 4.69) is 18.8 Å². The van der Waals surface area contributed by atoms with Gasteiger partial charge in [-0.2, -0.15) is 0 Å². The molecule has 68 valence electrons. The number of nitrogens with two attached hydrogens (primary N) is 1. The van der Waals surface area contributed by atoms with Crippen molar-refractivity contribution in [3.8, 4) is 0 Å². The summed E-state index contributed by atoms with van der Waals surface area (Å²) in [6.45, 7) is 6.44. The molecular formula is C8H14N2S2. The first-order valence-electron chi connectivity index (χ1n) is 3.95. The van der Waals surface area contributed by atoms with Crippen LogP contribution in [0.3, 0.4) is 0 Å². The van der Waals surface area contributed by atoms with E-state index in [9.17, 15) is 0 Å². The molecule has 0 aromatic carbocycles. The van der Waals surface area contributed by atoms with E-state index in [-0.39, 0.29) is 0 Å². The molecule has 0 aliphatic rings. The van der Waals surface area contributed by atoms with Crippen molar-refractivity contribution in [2.75, 3.05) is 11.5 Å². The highest BCUT2D eigenvalue weighted by atomic mass is 32.2. The first-order valence-corrected chi connectivity index (χ1v) is 5.75. The van der Waals surface area contributed by atoms with Gasteiger partial charge in [-0.1, -0.05) is 25.2 Å². The lowest BCUT2D eigenvalue weighted by Crippen LogP contribution is -1.89. The Labute approximate surface area is 81.6 Å². The summed E-state index contributed by atoms with van der Waals surface area (Å²) in [7, 11) is 0. The van der Waals surface area contributed by atoms with Gasteiger partial charge in [-0.25, -0.2) is 4.98 Å². The number of rotatable bonds is 3. The number of hydrogen-bond acceptors (Lipinski definition) is 4. The first-order chi connectivity index (χ1) is 5.59. The number of aromatic nitrogens is 1. The monoisotopic (exact) mass is 202 g/mol. The summed E-state index contributed by atoms with van der Waals surface area (Å²) in [5.74, 6) is 1.86. The largest absolute Gasteiger partial charge is 0.375 e. The Balaban J connectivity index is 2.57. The van der Waals surface area contributed by atoms with Gasteiger partial charge in [0.25, 0.3) is 0 Å². The molecule has 0 radical (unpaired) electrons. The van der Waals surface area contributed by atoms with Crippen molar-refractivity contribution in [2.24, 2.45) is 5.92 Å². The quantitative estimate of drug-likeness (QED) is 0.766. The van der Waals surface area contributed by atoms with Crippen molar-refractivity contribution in [1.82, 2.24) is 4.98 Å². The van der Waals surface area contributed by atoms with Gasteiger partial charge >= 0.3 is 0 Å². The van der Waals surface area contributed by atoms with Gasteiger partial charge in [0.1, 0.15) is 0 Å². The Kier molecular flexibility index (Phi) is 3.40. The Bertz CT molecular complexity index is 256. The van der Waals surface area contributed by atoms with Gasteiger partial charge < -0.3 is 5.73 Å². The second kappa shape index (κ2) is 4.14. The molecule has 2 N–H and O–H groups in total. The van der Waals surface area contributed by atoms with E-state index in [1.165, 1.54) is 4.21 Å². The van der Waals surface area contributed by atoms with Crippen molar-refractivity contribution in [3.63, 3.8) is 0 Å².